The van der Waals surface area contributed by atoms with Crippen LogP contribution in [0.1, 0.15) is 57.6 Å². The van der Waals surface area contributed by atoms with E-state index in [0.29, 0.717) is 18.1 Å². The van der Waals surface area contributed by atoms with E-state index in [9.17, 15) is 0 Å². The molecule has 4 rings (SSSR count). The zero-order valence-electron chi connectivity index (χ0n) is 17.0. The molecule has 2 saturated heterocycles. The molecule has 3 heterocycles. The van der Waals surface area contributed by atoms with Crippen LogP contribution in [0, 0.1) is 0 Å². The van der Waals surface area contributed by atoms with Crippen LogP contribution < -0.4 is 20.9 Å². The lowest BCUT2D eigenvalue weighted by molar-refractivity contribution is 0.365. The van der Waals surface area contributed by atoms with Crippen molar-refractivity contribution in [1.82, 2.24) is 15.3 Å². The van der Waals surface area contributed by atoms with Crippen molar-refractivity contribution in [3.8, 4) is 0 Å². The fourth-order valence-electron chi connectivity index (χ4n) is 4.65. The highest BCUT2D eigenvalue weighted by molar-refractivity contribution is 5.85. The first kappa shape index (κ1) is 23.5. The first-order chi connectivity index (χ1) is 12.7. The Labute approximate surface area is 181 Å². The van der Waals surface area contributed by atoms with Crippen molar-refractivity contribution >= 4 is 36.6 Å². The number of hydrogen-bond acceptors (Lipinski definition) is 6. The molecular weight excluding hydrogens is 395 g/mol. The Hall–Kier alpha value is -0.820. The maximum absolute atomic E-state index is 6.06. The van der Waals surface area contributed by atoms with Crippen molar-refractivity contribution in [1.29, 1.82) is 0 Å². The van der Waals surface area contributed by atoms with Crippen molar-refractivity contribution in [3.63, 3.8) is 0 Å². The average Bonchev–Trinajstić information content (AvgIpc) is 3.34. The zero-order valence-corrected chi connectivity index (χ0v) is 18.6. The molecule has 0 bridgehead atoms. The van der Waals surface area contributed by atoms with Crippen LogP contribution >= 0.6 is 24.8 Å². The lowest BCUT2D eigenvalue weighted by Crippen LogP contribution is -2.46. The van der Waals surface area contributed by atoms with Gasteiger partial charge >= 0.3 is 0 Å². The predicted octanol–water partition coefficient (Wildman–Crippen LogP) is 2.92. The summed E-state index contributed by atoms with van der Waals surface area (Å²) in [5, 5.41) is 3.85. The largest absolute Gasteiger partial charge is 0.356 e. The first-order valence-electron chi connectivity index (χ1n) is 10.6. The molecule has 1 aromatic rings. The van der Waals surface area contributed by atoms with Gasteiger partial charge in [-0.1, -0.05) is 6.92 Å². The molecule has 160 valence electrons. The van der Waals surface area contributed by atoms with Crippen LogP contribution in [0.5, 0.6) is 0 Å². The van der Waals surface area contributed by atoms with E-state index in [1.807, 2.05) is 0 Å². The number of aryl methyl sites for hydroxylation is 1. The Morgan fingerprint density at radius 1 is 0.964 bits per heavy atom. The summed E-state index contributed by atoms with van der Waals surface area (Å²) >= 11 is 0. The SMILES string of the molecule is CCc1cc(N2CCC(N[C@@H]3CC[C@@H](N)C3)CC2)nc(N2CCCC2)n1.Cl.Cl. The van der Waals surface area contributed by atoms with Crippen LogP contribution in [0.25, 0.3) is 0 Å². The summed E-state index contributed by atoms with van der Waals surface area (Å²) in [6, 6.07) is 3.87. The zero-order chi connectivity index (χ0) is 17.9. The molecule has 3 fully saturated rings. The number of nitrogens with two attached hydrogens (primary N) is 1. The fraction of sp³-hybridized carbons (Fsp3) is 0.800. The molecule has 2 aliphatic heterocycles. The number of piperidine rings is 1. The summed E-state index contributed by atoms with van der Waals surface area (Å²) in [6.45, 7) is 6.54. The molecule has 0 spiro atoms. The minimum Gasteiger partial charge on any atom is -0.356 e. The smallest absolute Gasteiger partial charge is 0.227 e. The van der Waals surface area contributed by atoms with Gasteiger partial charge in [0, 0.05) is 56.1 Å². The topological polar surface area (TPSA) is 70.3 Å². The van der Waals surface area contributed by atoms with Gasteiger partial charge in [0.15, 0.2) is 0 Å². The van der Waals surface area contributed by atoms with Crippen LogP contribution in [0.15, 0.2) is 6.07 Å². The van der Waals surface area contributed by atoms with Crippen molar-refractivity contribution in [2.24, 2.45) is 5.73 Å². The number of hydrogen-bond donors (Lipinski definition) is 2. The summed E-state index contributed by atoms with van der Waals surface area (Å²) in [5.74, 6) is 2.07. The van der Waals surface area contributed by atoms with E-state index in [1.165, 1.54) is 38.5 Å². The third kappa shape index (κ3) is 5.62. The van der Waals surface area contributed by atoms with Crippen LogP contribution in [-0.2, 0) is 6.42 Å². The van der Waals surface area contributed by atoms with Crippen molar-refractivity contribution in [2.45, 2.75) is 76.4 Å². The third-order valence-electron chi connectivity index (χ3n) is 6.27. The molecule has 6 nitrogen and oxygen atoms in total. The lowest BCUT2D eigenvalue weighted by atomic mass is 10.0. The monoisotopic (exact) mass is 430 g/mol. The predicted molar refractivity (Wildman–Crippen MR) is 121 cm³/mol. The second-order valence-corrected chi connectivity index (χ2v) is 8.26. The first-order valence-corrected chi connectivity index (χ1v) is 10.6. The van der Waals surface area contributed by atoms with Gasteiger partial charge in [0.2, 0.25) is 5.95 Å². The van der Waals surface area contributed by atoms with Gasteiger partial charge in [-0.2, -0.15) is 4.98 Å². The molecule has 0 amide bonds. The number of nitrogens with zero attached hydrogens (tertiary/aromatic N) is 4. The highest BCUT2D eigenvalue weighted by Crippen LogP contribution is 2.25. The van der Waals surface area contributed by atoms with Gasteiger partial charge in [-0.3, -0.25) is 0 Å². The molecule has 1 aliphatic carbocycles. The van der Waals surface area contributed by atoms with Crippen LogP contribution in [-0.4, -0.2) is 54.3 Å². The van der Waals surface area contributed by atoms with Crippen LogP contribution in [0.2, 0.25) is 0 Å². The summed E-state index contributed by atoms with van der Waals surface area (Å²) in [6.07, 6.45) is 9.44. The third-order valence-corrected chi connectivity index (χ3v) is 6.27. The number of aromatic nitrogens is 2. The van der Waals surface area contributed by atoms with Crippen LogP contribution in [0.4, 0.5) is 11.8 Å². The van der Waals surface area contributed by atoms with Crippen molar-refractivity contribution in [2.75, 3.05) is 36.0 Å². The van der Waals surface area contributed by atoms with Gasteiger partial charge in [0.05, 0.1) is 0 Å². The van der Waals surface area contributed by atoms with Crippen LogP contribution in [0.3, 0.4) is 0 Å². The number of halogens is 2. The summed E-state index contributed by atoms with van der Waals surface area (Å²) < 4.78 is 0. The van der Waals surface area contributed by atoms with E-state index in [4.69, 9.17) is 15.7 Å². The molecule has 0 aromatic carbocycles. The van der Waals surface area contributed by atoms with E-state index in [0.717, 1.165) is 56.5 Å². The molecule has 8 heteroatoms. The Morgan fingerprint density at radius 3 is 2.29 bits per heavy atom. The van der Waals surface area contributed by atoms with Crippen molar-refractivity contribution < 1.29 is 0 Å². The van der Waals surface area contributed by atoms with E-state index >= 15 is 0 Å². The molecular formula is C20H36Cl2N6. The van der Waals surface area contributed by atoms with Gasteiger partial charge in [0.25, 0.3) is 0 Å². The number of anilines is 2. The van der Waals surface area contributed by atoms with Gasteiger partial charge < -0.3 is 20.9 Å². The van der Waals surface area contributed by atoms with E-state index in [1.54, 1.807) is 0 Å². The maximum atomic E-state index is 6.06. The molecule has 3 N–H and O–H groups in total. The quantitative estimate of drug-likeness (QED) is 0.747. The standard InChI is InChI=1S/C20H34N6.2ClH/c1-2-16-14-19(24-20(23-16)26-9-3-4-10-26)25-11-7-17(8-12-25)22-18-6-5-15(21)13-18;;/h14-15,17-18,22H,2-13,21H2,1H3;2*1H/t15-,18-;;/m1../s1. The van der Waals surface area contributed by atoms with Gasteiger partial charge in [-0.25, -0.2) is 4.98 Å². The Kier molecular flexibility index (Phi) is 9.06. The summed E-state index contributed by atoms with van der Waals surface area (Å²) in [4.78, 5) is 14.5. The Balaban J connectivity index is 0.00000140. The van der Waals surface area contributed by atoms with Crippen molar-refractivity contribution in [3.05, 3.63) is 11.8 Å². The fourth-order valence-corrected chi connectivity index (χ4v) is 4.65. The Bertz CT molecular complexity index is 602. The highest BCUT2D eigenvalue weighted by atomic mass is 35.5. The second kappa shape index (κ2) is 10.8. The highest BCUT2D eigenvalue weighted by Gasteiger charge is 2.27. The molecule has 3 aliphatic rings. The van der Waals surface area contributed by atoms with Gasteiger partial charge in [-0.05, 0) is 51.4 Å². The molecule has 0 radical (unpaired) electrons. The van der Waals surface area contributed by atoms with E-state index in [-0.39, 0.29) is 24.8 Å². The maximum Gasteiger partial charge on any atom is 0.227 e. The second-order valence-electron chi connectivity index (χ2n) is 8.26. The molecule has 28 heavy (non-hydrogen) atoms. The Morgan fingerprint density at radius 2 is 1.68 bits per heavy atom. The molecule has 2 atom stereocenters. The van der Waals surface area contributed by atoms with E-state index in [2.05, 4.69) is 28.1 Å². The number of rotatable bonds is 5. The molecule has 1 saturated carbocycles. The normalized spacial score (nSPS) is 25.5. The van der Waals surface area contributed by atoms with Gasteiger partial charge in [-0.15, -0.1) is 24.8 Å². The minimum absolute atomic E-state index is 0. The number of nitrogens with one attached hydrogen (secondary N) is 1. The summed E-state index contributed by atoms with van der Waals surface area (Å²) in [5.41, 5.74) is 7.22. The molecule has 1 aromatic heterocycles. The minimum atomic E-state index is 0. The van der Waals surface area contributed by atoms with Gasteiger partial charge in [0.1, 0.15) is 5.82 Å². The average molecular weight is 431 g/mol. The van der Waals surface area contributed by atoms with E-state index < -0.39 is 0 Å². The lowest BCUT2D eigenvalue weighted by Gasteiger charge is -2.35. The summed E-state index contributed by atoms with van der Waals surface area (Å²) in [7, 11) is 0. The molecule has 0 unspecified atom stereocenters.